The lowest BCUT2D eigenvalue weighted by molar-refractivity contribution is -0.0239. The lowest BCUT2D eigenvalue weighted by Gasteiger charge is -2.44. The zero-order valence-corrected chi connectivity index (χ0v) is 22.6. The maximum Gasteiger partial charge on any atom is 0.351 e. The van der Waals surface area contributed by atoms with Crippen LogP contribution in [0.4, 0.5) is 0 Å². The Labute approximate surface area is 222 Å². The molecule has 0 radical (unpaired) electrons. The summed E-state index contributed by atoms with van der Waals surface area (Å²) in [5, 5.41) is 2.89. The van der Waals surface area contributed by atoms with E-state index in [1.165, 1.54) is 36.6 Å². The van der Waals surface area contributed by atoms with Crippen molar-refractivity contribution in [3.05, 3.63) is 82.2 Å². The summed E-state index contributed by atoms with van der Waals surface area (Å²) in [7, 11) is 3.03. The second kappa shape index (κ2) is 10.2. The van der Waals surface area contributed by atoms with Crippen LogP contribution in [0.15, 0.2) is 69.9 Å². The molecule has 1 aromatic heterocycles. The molecular formula is C32H34O6. The SMILES string of the molecule is COc1cc(OC)c2cc(C(=O)O[C@@H]3C[C@H](C)CC[C@H]3C(C)(C)c3ccc4ccccc4c3)c(=O)oc2c1. The highest BCUT2D eigenvalue weighted by Gasteiger charge is 2.42. The van der Waals surface area contributed by atoms with Crippen LogP contribution < -0.4 is 15.1 Å². The van der Waals surface area contributed by atoms with Gasteiger partial charge in [0.25, 0.3) is 0 Å². The zero-order valence-electron chi connectivity index (χ0n) is 22.6. The van der Waals surface area contributed by atoms with Crippen LogP contribution in [0, 0.1) is 11.8 Å². The largest absolute Gasteiger partial charge is 0.496 e. The molecule has 5 rings (SSSR count). The van der Waals surface area contributed by atoms with Gasteiger partial charge in [0, 0.05) is 18.1 Å². The highest BCUT2D eigenvalue weighted by Crippen LogP contribution is 2.44. The maximum absolute atomic E-state index is 13.4. The summed E-state index contributed by atoms with van der Waals surface area (Å²) < 4.78 is 22.4. The van der Waals surface area contributed by atoms with Crippen LogP contribution in [0.2, 0.25) is 0 Å². The Kier molecular flexibility index (Phi) is 6.91. The van der Waals surface area contributed by atoms with Crippen molar-refractivity contribution in [2.24, 2.45) is 11.8 Å². The molecule has 198 valence electrons. The molecule has 6 heteroatoms. The molecule has 38 heavy (non-hydrogen) atoms. The number of carbonyl (C=O) groups is 1. The second-order valence-corrected chi connectivity index (χ2v) is 10.9. The van der Waals surface area contributed by atoms with Gasteiger partial charge in [-0.3, -0.25) is 0 Å². The van der Waals surface area contributed by atoms with Gasteiger partial charge in [-0.1, -0.05) is 69.7 Å². The lowest BCUT2D eigenvalue weighted by Crippen LogP contribution is -2.43. The number of carbonyl (C=O) groups excluding carboxylic acids is 1. The van der Waals surface area contributed by atoms with Crippen molar-refractivity contribution >= 4 is 27.7 Å². The molecular weight excluding hydrogens is 480 g/mol. The first-order valence-electron chi connectivity index (χ1n) is 13.1. The quantitative estimate of drug-likeness (QED) is 0.206. The molecule has 0 unspecified atom stereocenters. The lowest BCUT2D eigenvalue weighted by atomic mass is 9.64. The molecule has 0 aliphatic heterocycles. The molecule has 1 heterocycles. The summed E-state index contributed by atoms with van der Waals surface area (Å²) in [5.74, 6) is 0.769. The van der Waals surface area contributed by atoms with Crippen molar-refractivity contribution in [3.8, 4) is 11.5 Å². The Balaban J connectivity index is 1.47. The third-order valence-corrected chi connectivity index (χ3v) is 8.20. The van der Waals surface area contributed by atoms with Crippen LogP contribution in [0.5, 0.6) is 11.5 Å². The fourth-order valence-electron chi connectivity index (χ4n) is 5.88. The minimum Gasteiger partial charge on any atom is -0.496 e. The van der Waals surface area contributed by atoms with Crippen molar-refractivity contribution in [3.63, 3.8) is 0 Å². The number of rotatable bonds is 6. The van der Waals surface area contributed by atoms with Gasteiger partial charge in [-0.25, -0.2) is 9.59 Å². The summed E-state index contributed by atoms with van der Waals surface area (Å²) in [4.78, 5) is 26.3. The molecule has 6 nitrogen and oxygen atoms in total. The Morgan fingerprint density at radius 2 is 1.71 bits per heavy atom. The van der Waals surface area contributed by atoms with E-state index in [2.05, 4.69) is 51.1 Å². The Bertz CT molecular complexity index is 1550. The summed E-state index contributed by atoms with van der Waals surface area (Å²) in [5.41, 5.74) is 0.363. The van der Waals surface area contributed by atoms with Crippen LogP contribution in [-0.2, 0) is 10.2 Å². The minimum atomic E-state index is -0.744. The van der Waals surface area contributed by atoms with E-state index in [9.17, 15) is 9.59 Å². The number of ether oxygens (including phenoxy) is 3. The Hall–Kier alpha value is -3.80. The third kappa shape index (κ3) is 4.75. The monoisotopic (exact) mass is 514 g/mol. The van der Waals surface area contributed by atoms with Crippen molar-refractivity contribution in [1.82, 2.24) is 0 Å². The number of hydrogen-bond acceptors (Lipinski definition) is 6. The third-order valence-electron chi connectivity index (χ3n) is 8.20. The van der Waals surface area contributed by atoms with Crippen molar-refractivity contribution in [2.75, 3.05) is 14.2 Å². The van der Waals surface area contributed by atoms with Gasteiger partial charge < -0.3 is 18.6 Å². The average molecular weight is 515 g/mol. The van der Waals surface area contributed by atoms with Crippen molar-refractivity contribution in [2.45, 2.75) is 51.6 Å². The molecule has 4 aromatic rings. The number of esters is 1. The van der Waals surface area contributed by atoms with E-state index in [1.54, 1.807) is 12.1 Å². The molecule has 0 bridgehead atoms. The van der Waals surface area contributed by atoms with E-state index in [1.807, 2.05) is 12.1 Å². The van der Waals surface area contributed by atoms with Gasteiger partial charge >= 0.3 is 11.6 Å². The maximum atomic E-state index is 13.4. The molecule has 1 saturated carbocycles. The smallest absolute Gasteiger partial charge is 0.351 e. The summed E-state index contributed by atoms with van der Waals surface area (Å²) >= 11 is 0. The van der Waals surface area contributed by atoms with Crippen LogP contribution in [0.3, 0.4) is 0 Å². The fraction of sp³-hybridized carbons (Fsp3) is 0.375. The van der Waals surface area contributed by atoms with Gasteiger partial charge in [0.2, 0.25) is 0 Å². The Morgan fingerprint density at radius 1 is 0.947 bits per heavy atom. The highest BCUT2D eigenvalue weighted by molar-refractivity contribution is 5.95. The van der Waals surface area contributed by atoms with Gasteiger partial charge in [0.05, 0.1) is 19.6 Å². The van der Waals surface area contributed by atoms with E-state index in [0.29, 0.717) is 22.8 Å². The van der Waals surface area contributed by atoms with Crippen LogP contribution in [-0.4, -0.2) is 26.3 Å². The molecule has 0 amide bonds. The van der Waals surface area contributed by atoms with Gasteiger partial charge in [-0.2, -0.15) is 0 Å². The van der Waals surface area contributed by atoms with Gasteiger partial charge in [0.15, 0.2) is 0 Å². The second-order valence-electron chi connectivity index (χ2n) is 10.9. The van der Waals surface area contributed by atoms with Crippen LogP contribution in [0.25, 0.3) is 21.7 Å². The molecule has 0 spiro atoms. The summed E-state index contributed by atoms with van der Waals surface area (Å²) in [6, 6.07) is 19.7. The van der Waals surface area contributed by atoms with E-state index in [-0.39, 0.29) is 28.6 Å². The van der Waals surface area contributed by atoms with Crippen LogP contribution in [0.1, 0.15) is 56.0 Å². The fourth-order valence-corrected chi connectivity index (χ4v) is 5.88. The predicted molar refractivity (Wildman–Crippen MR) is 148 cm³/mol. The first kappa shape index (κ1) is 25.8. The van der Waals surface area contributed by atoms with E-state index < -0.39 is 11.6 Å². The van der Waals surface area contributed by atoms with E-state index in [0.717, 1.165) is 19.3 Å². The van der Waals surface area contributed by atoms with Crippen LogP contribution >= 0.6 is 0 Å². The predicted octanol–water partition coefficient (Wildman–Crippen LogP) is 6.90. The highest BCUT2D eigenvalue weighted by atomic mass is 16.5. The molecule has 1 aliphatic carbocycles. The summed E-state index contributed by atoms with van der Waals surface area (Å²) in [6.07, 6.45) is 2.40. The summed E-state index contributed by atoms with van der Waals surface area (Å²) in [6.45, 7) is 6.63. The minimum absolute atomic E-state index is 0.0927. The zero-order chi connectivity index (χ0) is 27.0. The Morgan fingerprint density at radius 3 is 2.45 bits per heavy atom. The number of hydrogen-bond donors (Lipinski definition) is 0. The molecule has 1 fully saturated rings. The number of methoxy groups -OCH3 is 2. The standard InChI is InChI=1S/C32H34O6/c1-19-10-13-26(32(2,3)22-12-11-20-8-6-7-9-21(20)15-22)29(14-19)38-31(34)25-18-24-27(36-5)16-23(35-4)17-28(24)37-30(25)33/h6-9,11-12,15-19,26,29H,10,13-14H2,1-5H3/t19-,26-,29-/m1/s1. The normalized spacial score (nSPS) is 19.9. The molecule has 3 aromatic carbocycles. The number of fused-ring (bicyclic) bond motifs is 2. The first-order valence-corrected chi connectivity index (χ1v) is 13.1. The molecule has 0 N–H and O–H groups in total. The topological polar surface area (TPSA) is 75.0 Å². The first-order chi connectivity index (χ1) is 18.2. The van der Waals surface area contributed by atoms with Gasteiger partial charge in [0.1, 0.15) is 28.7 Å². The molecule has 1 aliphatic rings. The number of benzene rings is 3. The average Bonchev–Trinajstić information content (AvgIpc) is 2.91. The van der Waals surface area contributed by atoms with Crippen molar-refractivity contribution < 1.29 is 23.4 Å². The van der Waals surface area contributed by atoms with E-state index >= 15 is 0 Å². The molecule has 0 saturated heterocycles. The van der Waals surface area contributed by atoms with E-state index in [4.69, 9.17) is 18.6 Å². The van der Waals surface area contributed by atoms with Crippen molar-refractivity contribution in [1.29, 1.82) is 0 Å². The van der Waals surface area contributed by atoms with Gasteiger partial charge in [-0.15, -0.1) is 0 Å². The van der Waals surface area contributed by atoms with Gasteiger partial charge in [-0.05, 0) is 46.6 Å². The molecule has 3 atom stereocenters.